The Morgan fingerprint density at radius 1 is 1.53 bits per heavy atom. The highest BCUT2D eigenvalue weighted by Crippen LogP contribution is 1.99. The van der Waals surface area contributed by atoms with Crippen LogP contribution in [0.3, 0.4) is 0 Å². The Balaban J connectivity index is 2.02. The van der Waals surface area contributed by atoms with E-state index in [0.717, 1.165) is 0 Å². The number of nitriles is 1. The smallest absolute Gasteiger partial charge is 0.224 e. The zero-order valence-corrected chi connectivity index (χ0v) is 7.55. The predicted molar refractivity (Wildman–Crippen MR) is 48.3 cm³/mol. The highest BCUT2D eigenvalue weighted by molar-refractivity contribution is 5.29. The summed E-state index contributed by atoms with van der Waals surface area (Å²) in [6.07, 6.45) is 1.50. The first-order valence-electron chi connectivity index (χ1n) is 4.08. The van der Waals surface area contributed by atoms with Crippen molar-refractivity contribution in [3.63, 3.8) is 0 Å². The second kappa shape index (κ2) is 4.10. The topological polar surface area (TPSA) is 116 Å². The Morgan fingerprint density at radius 3 is 3.20 bits per heavy atom. The van der Waals surface area contributed by atoms with Crippen LogP contribution < -0.4 is 5.32 Å². The fraction of sp³-hybridized carbons (Fsp3) is 0.143. The Bertz CT molecular complexity index is 470. The van der Waals surface area contributed by atoms with Gasteiger partial charge in [0, 0.05) is 6.20 Å². The SMILES string of the molecule is N#Cc1ccnc(NCc2nn[nH]n2)n1. The molecule has 0 aliphatic carbocycles. The molecule has 74 valence electrons. The molecule has 0 aliphatic heterocycles. The van der Waals surface area contributed by atoms with Gasteiger partial charge in [-0.05, 0) is 6.07 Å². The molecule has 0 spiro atoms. The zero-order chi connectivity index (χ0) is 10.5. The Hall–Kier alpha value is -2.56. The molecular weight excluding hydrogens is 196 g/mol. The Labute approximate surface area is 84.4 Å². The van der Waals surface area contributed by atoms with Crippen LogP contribution in [0.1, 0.15) is 11.5 Å². The van der Waals surface area contributed by atoms with Crippen molar-refractivity contribution in [3.05, 3.63) is 23.8 Å². The molecule has 0 atom stereocenters. The molecule has 0 bridgehead atoms. The third-order valence-electron chi connectivity index (χ3n) is 1.56. The van der Waals surface area contributed by atoms with Gasteiger partial charge in [0.15, 0.2) is 5.82 Å². The van der Waals surface area contributed by atoms with Crippen molar-refractivity contribution in [2.45, 2.75) is 6.54 Å². The normalized spacial score (nSPS) is 9.53. The molecule has 0 amide bonds. The van der Waals surface area contributed by atoms with Crippen molar-refractivity contribution in [2.75, 3.05) is 5.32 Å². The second-order valence-electron chi connectivity index (χ2n) is 2.56. The van der Waals surface area contributed by atoms with Gasteiger partial charge in [0.05, 0.1) is 6.54 Å². The van der Waals surface area contributed by atoms with Gasteiger partial charge in [-0.25, -0.2) is 9.97 Å². The van der Waals surface area contributed by atoms with Crippen LogP contribution in [0.25, 0.3) is 0 Å². The lowest BCUT2D eigenvalue weighted by Gasteiger charge is -1.99. The van der Waals surface area contributed by atoms with E-state index in [1.54, 1.807) is 0 Å². The van der Waals surface area contributed by atoms with Gasteiger partial charge in [0.25, 0.3) is 0 Å². The maximum atomic E-state index is 8.61. The number of nitrogens with zero attached hydrogens (tertiary/aromatic N) is 6. The molecule has 8 nitrogen and oxygen atoms in total. The van der Waals surface area contributed by atoms with Crippen molar-refractivity contribution in [1.29, 1.82) is 5.26 Å². The molecular formula is C7H6N8. The highest BCUT2D eigenvalue weighted by atomic mass is 15.5. The average molecular weight is 202 g/mol. The predicted octanol–water partition coefficient (Wildman–Crippen LogP) is -0.527. The summed E-state index contributed by atoms with van der Waals surface area (Å²) in [7, 11) is 0. The van der Waals surface area contributed by atoms with Crippen LogP contribution >= 0.6 is 0 Å². The van der Waals surface area contributed by atoms with Crippen molar-refractivity contribution in [2.24, 2.45) is 0 Å². The average Bonchev–Trinajstić information content (AvgIpc) is 2.79. The lowest BCUT2D eigenvalue weighted by molar-refractivity contribution is 0.881. The van der Waals surface area contributed by atoms with E-state index < -0.39 is 0 Å². The third kappa shape index (κ3) is 2.22. The van der Waals surface area contributed by atoms with E-state index in [0.29, 0.717) is 24.0 Å². The van der Waals surface area contributed by atoms with Crippen LogP contribution in [0.15, 0.2) is 12.3 Å². The van der Waals surface area contributed by atoms with Gasteiger partial charge in [0.1, 0.15) is 11.8 Å². The number of rotatable bonds is 3. The van der Waals surface area contributed by atoms with Crippen LogP contribution in [0.2, 0.25) is 0 Å². The summed E-state index contributed by atoms with van der Waals surface area (Å²) in [4.78, 5) is 7.85. The first-order valence-corrected chi connectivity index (χ1v) is 4.08. The van der Waals surface area contributed by atoms with Crippen molar-refractivity contribution < 1.29 is 0 Å². The minimum absolute atomic E-state index is 0.306. The lowest BCUT2D eigenvalue weighted by atomic mass is 10.4. The molecule has 2 heterocycles. The largest absolute Gasteiger partial charge is 0.347 e. The monoisotopic (exact) mass is 202 g/mol. The van der Waals surface area contributed by atoms with Gasteiger partial charge < -0.3 is 5.32 Å². The summed E-state index contributed by atoms with van der Waals surface area (Å²) < 4.78 is 0. The van der Waals surface area contributed by atoms with E-state index in [9.17, 15) is 0 Å². The summed E-state index contributed by atoms with van der Waals surface area (Å²) in [5.41, 5.74) is 0.306. The first kappa shape index (κ1) is 9.01. The summed E-state index contributed by atoms with van der Waals surface area (Å²) in [6, 6.07) is 3.45. The van der Waals surface area contributed by atoms with Gasteiger partial charge in [-0.1, -0.05) is 5.21 Å². The molecule has 8 heteroatoms. The van der Waals surface area contributed by atoms with Crippen molar-refractivity contribution in [1.82, 2.24) is 30.6 Å². The molecule has 15 heavy (non-hydrogen) atoms. The molecule has 2 aromatic heterocycles. The second-order valence-corrected chi connectivity index (χ2v) is 2.56. The molecule has 0 aromatic carbocycles. The van der Waals surface area contributed by atoms with Crippen LogP contribution in [-0.4, -0.2) is 30.6 Å². The lowest BCUT2D eigenvalue weighted by Crippen LogP contribution is -2.05. The van der Waals surface area contributed by atoms with Crippen LogP contribution in [0.5, 0.6) is 0 Å². The van der Waals surface area contributed by atoms with E-state index in [2.05, 4.69) is 35.9 Å². The number of anilines is 1. The summed E-state index contributed by atoms with van der Waals surface area (Å²) in [5.74, 6) is 0.861. The summed E-state index contributed by atoms with van der Waals surface area (Å²) >= 11 is 0. The number of nitrogens with one attached hydrogen (secondary N) is 2. The first-order chi connectivity index (χ1) is 7.38. The maximum absolute atomic E-state index is 8.61. The molecule has 0 fully saturated rings. The minimum atomic E-state index is 0.306. The summed E-state index contributed by atoms with van der Waals surface area (Å²) in [6.45, 7) is 0.353. The van der Waals surface area contributed by atoms with E-state index in [4.69, 9.17) is 5.26 Å². The van der Waals surface area contributed by atoms with Gasteiger partial charge >= 0.3 is 0 Å². The van der Waals surface area contributed by atoms with Crippen LogP contribution in [0, 0.1) is 11.3 Å². The Kier molecular flexibility index (Phi) is 2.46. The zero-order valence-electron chi connectivity index (χ0n) is 7.55. The van der Waals surface area contributed by atoms with Gasteiger partial charge in [-0.3, -0.25) is 0 Å². The van der Waals surface area contributed by atoms with Gasteiger partial charge in [0.2, 0.25) is 5.95 Å². The minimum Gasteiger partial charge on any atom is -0.347 e. The fourth-order valence-corrected chi connectivity index (χ4v) is 0.922. The molecule has 0 unspecified atom stereocenters. The standard InChI is InChI=1S/C7H6N8/c8-3-5-1-2-9-7(11-5)10-4-6-12-14-15-13-6/h1-2H,4H2,(H,9,10,11)(H,12,13,14,15). The number of aromatic amines is 1. The van der Waals surface area contributed by atoms with Gasteiger partial charge in [-0.2, -0.15) is 10.5 Å². The van der Waals surface area contributed by atoms with Crippen LogP contribution in [-0.2, 0) is 6.54 Å². The number of H-pyrrole nitrogens is 1. The third-order valence-corrected chi connectivity index (χ3v) is 1.56. The quantitative estimate of drug-likeness (QED) is 0.687. The molecule has 2 aromatic rings. The number of hydrogen-bond acceptors (Lipinski definition) is 7. The van der Waals surface area contributed by atoms with E-state index in [1.165, 1.54) is 12.3 Å². The van der Waals surface area contributed by atoms with E-state index in [1.807, 2.05) is 6.07 Å². The molecule has 0 aliphatic rings. The van der Waals surface area contributed by atoms with E-state index in [-0.39, 0.29) is 0 Å². The molecule has 0 saturated carbocycles. The number of hydrogen-bond donors (Lipinski definition) is 2. The Morgan fingerprint density at radius 2 is 2.47 bits per heavy atom. The van der Waals surface area contributed by atoms with E-state index >= 15 is 0 Å². The van der Waals surface area contributed by atoms with Gasteiger partial charge in [-0.15, -0.1) is 10.2 Å². The highest BCUT2D eigenvalue weighted by Gasteiger charge is 2.00. The van der Waals surface area contributed by atoms with Crippen molar-refractivity contribution >= 4 is 5.95 Å². The number of tetrazole rings is 1. The molecule has 2 N–H and O–H groups in total. The van der Waals surface area contributed by atoms with Crippen molar-refractivity contribution in [3.8, 4) is 6.07 Å². The molecule has 0 radical (unpaired) electrons. The maximum Gasteiger partial charge on any atom is 0.224 e. The molecule has 0 saturated heterocycles. The molecule has 2 rings (SSSR count). The van der Waals surface area contributed by atoms with Crippen LogP contribution in [0.4, 0.5) is 5.95 Å². The number of aromatic nitrogens is 6. The fourth-order valence-electron chi connectivity index (χ4n) is 0.922. The summed E-state index contributed by atoms with van der Waals surface area (Å²) in [5, 5.41) is 24.7.